The van der Waals surface area contributed by atoms with Gasteiger partial charge in [0, 0.05) is 22.6 Å². The Morgan fingerprint density at radius 1 is 0.929 bits per heavy atom. The van der Waals surface area contributed by atoms with Crippen LogP contribution in [-0.2, 0) is 32.6 Å². The molecule has 1 fully saturated rings. The summed E-state index contributed by atoms with van der Waals surface area (Å²) in [4.78, 5) is 29.4. The zero-order valence-electron chi connectivity index (χ0n) is 23.9. The van der Waals surface area contributed by atoms with Crippen molar-refractivity contribution in [1.82, 2.24) is 10.2 Å². The maximum absolute atomic E-state index is 14.3. The van der Waals surface area contributed by atoms with E-state index in [1.54, 1.807) is 48.5 Å². The summed E-state index contributed by atoms with van der Waals surface area (Å²) in [5, 5.41) is 3.92. The zero-order valence-corrected chi connectivity index (χ0v) is 26.3. The van der Waals surface area contributed by atoms with Crippen LogP contribution in [0.1, 0.15) is 57.1 Å². The van der Waals surface area contributed by atoms with Crippen LogP contribution in [-0.4, -0.2) is 43.8 Å². The molecule has 4 rings (SSSR count). The first kappa shape index (κ1) is 31.9. The topological polar surface area (TPSA) is 86.8 Å². The molecule has 0 heterocycles. The molecule has 10 heteroatoms. The average molecular weight is 631 g/mol. The number of para-hydroxylation sites is 1. The van der Waals surface area contributed by atoms with Crippen LogP contribution in [0, 0.1) is 0 Å². The Kier molecular flexibility index (Phi) is 10.9. The molecule has 1 saturated carbocycles. The van der Waals surface area contributed by atoms with Crippen molar-refractivity contribution in [2.24, 2.45) is 0 Å². The highest BCUT2D eigenvalue weighted by atomic mass is 35.5. The minimum Gasteiger partial charge on any atom is -0.352 e. The first-order valence-corrected chi connectivity index (χ1v) is 16.5. The lowest BCUT2D eigenvalue weighted by molar-refractivity contribution is -0.140. The van der Waals surface area contributed by atoms with Crippen molar-refractivity contribution in [3.8, 4) is 0 Å². The molecule has 0 spiro atoms. The van der Waals surface area contributed by atoms with Crippen molar-refractivity contribution in [1.29, 1.82) is 0 Å². The summed E-state index contributed by atoms with van der Waals surface area (Å²) in [6, 6.07) is 19.4. The van der Waals surface area contributed by atoms with E-state index in [2.05, 4.69) is 5.32 Å². The Morgan fingerprint density at radius 2 is 1.60 bits per heavy atom. The van der Waals surface area contributed by atoms with E-state index >= 15 is 0 Å². The summed E-state index contributed by atoms with van der Waals surface area (Å²) < 4.78 is 29.3. The van der Waals surface area contributed by atoms with Crippen LogP contribution in [0.2, 0.25) is 10.0 Å². The summed E-state index contributed by atoms with van der Waals surface area (Å²) in [5.74, 6) is -0.769. The summed E-state index contributed by atoms with van der Waals surface area (Å²) in [6.45, 7) is 3.30. The number of halogens is 2. The molecule has 1 N–H and O–H groups in total. The molecule has 0 bridgehead atoms. The quantitative estimate of drug-likeness (QED) is 0.244. The summed E-state index contributed by atoms with van der Waals surface area (Å²) in [5.41, 5.74) is 1.81. The first-order chi connectivity index (χ1) is 20.1. The van der Waals surface area contributed by atoms with E-state index in [4.69, 9.17) is 23.2 Å². The van der Waals surface area contributed by atoms with Crippen molar-refractivity contribution in [2.75, 3.05) is 10.8 Å². The lowest BCUT2D eigenvalue weighted by Crippen LogP contribution is -2.53. The number of hydrogen-bond donors (Lipinski definition) is 1. The van der Waals surface area contributed by atoms with E-state index in [9.17, 15) is 18.0 Å². The van der Waals surface area contributed by atoms with Gasteiger partial charge in [0.2, 0.25) is 11.8 Å². The maximum Gasteiger partial charge on any atom is 0.264 e. The molecule has 1 aliphatic carbocycles. The van der Waals surface area contributed by atoms with Gasteiger partial charge in [0.25, 0.3) is 10.0 Å². The van der Waals surface area contributed by atoms with Crippen LogP contribution in [0.15, 0.2) is 77.7 Å². The van der Waals surface area contributed by atoms with Gasteiger partial charge in [-0.15, -0.1) is 0 Å². The molecule has 0 radical (unpaired) electrons. The number of carbonyl (C=O) groups excluding carboxylic acids is 2. The van der Waals surface area contributed by atoms with E-state index in [-0.39, 0.29) is 23.4 Å². The highest BCUT2D eigenvalue weighted by molar-refractivity contribution is 7.92. The monoisotopic (exact) mass is 629 g/mol. The van der Waals surface area contributed by atoms with Gasteiger partial charge >= 0.3 is 0 Å². The minimum absolute atomic E-state index is 0.0140. The Morgan fingerprint density at radius 3 is 2.24 bits per heavy atom. The molecule has 42 heavy (non-hydrogen) atoms. The van der Waals surface area contributed by atoms with Crippen molar-refractivity contribution >= 4 is 50.7 Å². The van der Waals surface area contributed by atoms with Crippen LogP contribution in [0.4, 0.5) is 5.69 Å². The fourth-order valence-corrected chi connectivity index (χ4v) is 7.35. The number of nitrogens with zero attached hydrogens (tertiary/aromatic N) is 2. The number of hydrogen-bond acceptors (Lipinski definition) is 4. The molecular weight excluding hydrogens is 593 g/mol. The van der Waals surface area contributed by atoms with Crippen LogP contribution >= 0.6 is 23.2 Å². The van der Waals surface area contributed by atoms with E-state index in [1.165, 1.54) is 17.0 Å². The predicted octanol–water partition coefficient (Wildman–Crippen LogP) is 6.62. The van der Waals surface area contributed by atoms with Gasteiger partial charge in [0.1, 0.15) is 12.6 Å². The third kappa shape index (κ3) is 7.46. The van der Waals surface area contributed by atoms with Gasteiger partial charge in [-0.3, -0.25) is 13.9 Å². The summed E-state index contributed by atoms with van der Waals surface area (Å²) in [6.07, 6.45) is 4.80. The Bertz CT molecular complexity index is 1490. The fourth-order valence-electron chi connectivity index (χ4n) is 5.41. The second kappa shape index (κ2) is 14.4. The Labute approximate surface area is 258 Å². The molecule has 1 atom stereocenters. The lowest BCUT2D eigenvalue weighted by atomic mass is 10.1. The van der Waals surface area contributed by atoms with Gasteiger partial charge in [-0.25, -0.2) is 8.42 Å². The average Bonchev–Trinajstić information content (AvgIpc) is 3.50. The van der Waals surface area contributed by atoms with Crippen LogP contribution in [0.5, 0.6) is 0 Å². The van der Waals surface area contributed by atoms with Crippen LogP contribution < -0.4 is 9.62 Å². The van der Waals surface area contributed by atoms with E-state index in [0.717, 1.165) is 35.6 Å². The molecular formula is C32H37Cl2N3O4S. The first-order valence-electron chi connectivity index (χ1n) is 14.3. The number of carbonyl (C=O) groups is 2. The van der Waals surface area contributed by atoms with Gasteiger partial charge in [-0.2, -0.15) is 0 Å². The molecule has 0 aliphatic heterocycles. The SMILES string of the molecule is CCc1ccccc1N(CC(=O)N(Cc1ccc(Cl)cc1Cl)C(CC)C(=O)NC1CCCC1)S(=O)(=O)c1ccccc1. The number of amides is 2. The van der Waals surface area contributed by atoms with Crippen molar-refractivity contribution in [3.63, 3.8) is 0 Å². The number of nitrogens with one attached hydrogen (secondary N) is 1. The third-order valence-electron chi connectivity index (χ3n) is 7.69. The summed E-state index contributed by atoms with van der Waals surface area (Å²) >= 11 is 12.6. The van der Waals surface area contributed by atoms with Crippen LogP contribution in [0.25, 0.3) is 0 Å². The van der Waals surface area contributed by atoms with Crippen molar-refractivity contribution < 1.29 is 18.0 Å². The second-order valence-corrected chi connectivity index (χ2v) is 13.2. The van der Waals surface area contributed by atoms with Gasteiger partial charge < -0.3 is 10.2 Å². The van der Waals surface area contributed by atoms with Gasteiger partial charge in [0.15, 0.2) is 0 Å². The molecule has 3 aromatic carbocycles. The highest BCUT2D eigenvalue weighted by Gasteiger charge is 2.35. The molecule has 224 valence electrons. The smallest absolute Gasteiger partial charge is 0.264 e. The van der Waals surface area contributed by atoms with Crippen molar-refractivity contribution in [3.05, 3.63) is 94.0 Å². The van der Waals surface area contributed by atoms with Crippen molar-refractivity contribution in [2.45, 2.75) is 75.9 Å². The maximum atomic E-state index is 14.3. The minimum atomic E-state index is -4.13. The van der Waals surface area contributed by atoms with E-state index < -0.39 is 28.5 Å². The van der Waals surface area contributed by atoms with Gasteiger partial charge in [-0.05, 0) is 67.1 Å². The molecule has 1 aliphatic rings. The Hall–Kier alpha value is -3.07. The molecule has 0 aromatic heterocycles. The molecule has 0 saturated heterocycles. The normalized spacial score (nSPS) is 14.4. The molecule has 3 aromatic rings. The largest absolute Gasteiger partial charge is 0.352 e. The molecule has 2 amide bonds. The Balaban J connectivity index is 1.75. The van der Waals surface area contributed by atoms with E-state index in [0.29, 0.717) is 34.1 Å². The highest BCUT2D eigenvalue weighted by Crippen LogP contribution is 2.29. The predicted molar refractivity (Wildman–Crippen MR) is 168 cm³/mol. The summed E-state index contributed by atoms with van der Waals surface area (Å²) in [7, 11) is -4.13. The number of aryl methyl sites for hydroxylation is 1. The molecule has 1 unspecified atom stereocenters. The number of anilines is 1. The lowest BCUT2D eigenvalue weighted by Gasteiger charge is -2.34. The zero-order chi connectivity index (χ0) is 30.3. The number of rotatable bonds is 12. The van der Waals surface area contributed by atoms with E-state index in [1.807, 2.05) is 26.0 Å². The third-order valence-corrected chi connectivity index (χ3v) is 10.1. The van der Waals surface area contributed by atoms with Gasteiger partial charge in [0.05, 0.1) is 10.6 Å². The second-order valence-electron chi connectivity index (χ2n) is 10.5. The van der Waals surface area contributed by atoms with Gasteiger partial charge in [-0.1, -0.05) is 92.4 Å². The fraction of sp³-hybridized carbons (Fsp3) is 0.375. The number of benzene rings is 3. The van der Waals surface area contributed by atoms with Crippen LogP contribution in [0.3, 0.4) is 0 Å². The number of sulfonamides is 1. The molecule has 7 nitrogen and oxygen atoms in total. The standard InChI is InChI=1S/C32H37Cl2N3O4S/c1-3-23-12-8-11-17-30(23)37(42(40,41)27-15-6-5-7-16-27)22-31(38)36(21-24-18-19-25(33)20-28(24)34)29(4-2)32(39)35-26-13-9-10-14-26/h5-8,11-12,15-20,26,29H,3-4,9-10,13-14,21-22H2,1-2H3,(H,35,39).